The van der Waals surface area contributed by atoms with E-state index in [1.165, 1.54) is 38.3 Å². The summed E-state index contributed by atoms with van der Waals surface area (Å²) in [5.74, 6) is -0.176. The Balaban J connectivity index is 1.94. The predicted octanol–water partition coefficient (Wildman–Crippen LogP) is 2.79. The van der Waals surface area contributed by atoms with Gasteiger partial charge >= 0.3 is 5.97 Å². The van der Waals surface area contributed by atoms with Crippen molar-refractivity contribution < 1.29 is 9.90 Å². The van der Waals surface area contributed by atoms with Crippen LogP contribution >= 0.6 is 0 Å². The van der Waals surface area contributed by atoms with Gasteiger partial charge in [-0.1, -0.05) is 25.3 Å². The second-order valence-electron chi connectivity index (χ2n) is 5.52. The van der Waals surface area contributed by atoms with Crippen molar-refractivity contribution in [1.82, 2.24) is 9.88 Å². The summed E-state index contributed by atoms with van der Waals surface area (Å²) in [5, 5.41) is 9.12. The summed E-state index contributed by atoms with van der Waals surface area (Å²) in [6.07, 6.45) is 8.20. The van der Waals surface area contributed by atoms with Crippen molar-refractivity contribution in [3.05, 3.63) is 29.6 Å². The summed E-state index contributed by atoms with van der Waals surface area (Å²) in [5.41, 5.74) is 0.978. The number of carboxylic acids is 1. The molecule has 1 N–H and O–H groups in total. The Morgan fingerprint density at radius 3 is 2.84 bits per heavy atom. The number of aromatic nitrogens is 1. The van der Waals surface area contributed by atoms with E-state index in [0.29, 0.717) is 6.54 Å². The molecule has 1 aromatic heterocycles. The van der Waals surface area contributed by atoms with Crippen molar-refractivity contribution in [2.24, 2.45) is 5.92 Å². The summed E-state index contributed by atoms with van der Waals surface area (Å²) in [6.45, 7) is 1.71. The predicted molar refractivity (Wildman–Crippen MR) is 74.1 cm³/mol. The molecular weight excluding hydrogens is 240 g/mol. The SMILES string of the molecule is CN(Cc1cccnc1C(=O)O)CC1CCCCC1. The van der Waals surface area contributed by atoms with E-state index in [1.54, 1.807) is 6.07 Å². The molecule has 0 radical (unpaired) electrons. The molecule has 0 amide bonds. The molecule has 2 rings (SSSR count). The molecule has 1 fully saturated rings. The van der Waals surface area contributed by atoms with Crippen molar-refractivity contribution in [1.29, 1.82) is 0 Å². The van der Waals surface area contributed by atoms with E-state index in [0.717, 1.165) is 18.0 Å². The highest BCUT2D eigenvalue weighted by Crippen LogP contribution is 2.24. The topological polar surface area (TPSA) is 53.4 Å². The molecule has 1 aliphatic carbocycles. The fourth-order valence-corrected chi connectivity index (χ4v) is 2.92. The number of hydrogen-bond acceptors (Lipinski definition) is 3. The maximum Gasteiger partial charge on any atom is 0.354 e. The molecule has 1 saturated carbocycles. The molecule has 1 heterocycles. The fourth-order valence-electron chi connectivity index (χ4n) is 2.92. The number of carboxylic acid groups (broad SMARTS) is 1. The van der Waals surface area contributed by atoms with Crippen LogP contribution < -0.4 is 0 Å². The van der Waals surface area contributed by atoms with E-state index in [1.807, 2.05) is 6.07 Å². The number of aromatic carboxylic acids is 1. The normalized spacial score (nSPS) is 16.7. The molecule has 4 nitrogen and oxygen atoms in total. The summed E-state index contributed by atoms with van der Waals surface area (Å²) < 4.78 is 0. The molecule has 0 aliphatic heterocycles. The highest BCUT2D eigenvalue weighted by atomic mass is 16.4. The fraction of sp³-hybridized carbons (Fsp3) is 0.600. The second kappa shape index (κ2) is 6.66. The van der Waals surface area contributed by atoms with Crippen LogP contribution in [0.3, 0.4) is 0 Å². The standard InChI is InChI=1S/C15H22N2O2/c1-17(10-12-6-3-2-4-7-12)11-13-8-5-9-16-14(13)15(18)19/h5,8-9,12H,2-4,6-7,10-11H2,1H3,(H,18,19). The lowest BCUT2D eigenvalue weighted by Gasteiger charge is -2.27. The second-order valence-corrected chi connectivity index (χ2v) is 5.52. The molecule has 1 aliphatic rings. The smallest absolute Gasteiger partial charge is 0.354 e. The van der Waals surface area contributed by atoms with Gasteiger partial charge in [-0.2, -0.15) is 0 Å². The van der Waals surface area contributed by atoms with Crippen LogP contribution in [0.25, 0.3) is 0 Å². The van der Waals surface area contributed by atoms with Crippen LogP contribution in [-0.2, 0) is 6.54 Å². The molecule has 0 saturated heterocycles. The van der Waals surface area contributed by atoms with Gasteiger partial charge in [0.05, 0.1) is 0 Å². The number of hydrogen-bond donors (Lipinski definition) is 1. The average Bonchev–Trinajstić information content (AvgIpc) is 2.40. The van der Waals surface area contributed by atoms with Crippen LogP contribution in [0.5, 0.6) is 0 Å². The molecular formula is C15H22N2O2. The highest BCUT2D eigenvalue weighted by Gasteiger charge is 2.17. The third-order valence-corrected chi connectivity index (χ3v) is 3.83. The first-order valence-corrected chi connectivity index (χ1v) is 7.02. The maximum absolute atomic E-state index is 11.1. The summed E-state index contributed by atoms with van der Waals surface area (Å²) in [7, 11) is 2.06. The number of carbonyl (C=O) groups is 1. The first-order valence-electron chi connectivity index (χ1n) is 7.02. The molecule has 0 spiro atoms. The van der Waals surface area contributed by atoms with Gasteiger partial charge in [-0.15, -0.1) is 0 Å². The van der Waals surface area contributed by atoms with E-state index in [9.17, 15) is 4.79 Å². The van der Waals surface area contributed by atoms with Gasteiger partial charge in [-0.05, 0) is 37.4 Å². The van der Waals surface area contributed by atoms with Gasteiger partial charge in [0.1, 0.15) is 0 Å². The molecule has 104 valence electrons. The molecule has 19 heavy (non-hydrogen) atoms. The maximum atomic E-state index is 11.1. The zero-order valence-corrected chi connectivity index (χ0v) is 11.5. The first-order chi connectivity index (χ1) is 9.16. The minimum atomic E-state index is -0.943. The molecule has 0 unspecified atom stereocenters. The Labute approximate surface area is 114 Å². The zero-order valence-electron chi connectivity index (χ0n) is 11.5. The lowest BCUT2D eigenvalue weighted by atomic mass is 9.89. The van der Waals surface area contributed by atoms with Gasteiger partial charge in [-0.3, -0.25) is 0 Å². The van der Waals surface area contributed by atoms with E-state index in [2.05, 4.69) is 16.9 Å². The van der Waals surface area contributed by atoms with Gasteiger partial charge in [-0.25, -0.2) is 9.78 Å². The summed E-state index contributed by atoms with van der Waals surface area (Å²) >= 11 is 0. The van der Waals surface area contributed by atoms with Gasteiger partial charge in [0.15, 0.2) is 5.69 Å². The van der Waals surface area contributed by atoms with Crippen LogP contribution in [0.15, 0.2) is 18.3 Å². The van der Waals surface area contributed by atoms with Gasteiger partial charge in [0, 0.05) is 19.3 Å². The Bertz CT molecular complexity index is 428. The van der Waals surface area contributed by atoms with Crippen molar-refractivity contribution in [3.8, 4) is 0 Å². The third-order valence-electron chi connectivity index (χ3n) is 3.83. The van der Waals surface area contributed by atoms with Crippen LogP contribution in [0.2, 0.25) is 0 Å². The third kappa shape index (κ3) is 4.03. The van der Waals surface area contributed by atoms with Crippen molar-refractivity contribution in [3.63, 3.8) is 0 Å². The number of pyridine rings is 1. The summed E-state index contributed by atoms with van der Waals surface area (Å²) in [4.78, 5) is 17.3. The van der Waals surface area contributed by atoms with E-state index in [4.69, 9.17) is 5.11 Å². The number of nitrogens with zero attached hydrogens (tertiary/aromatic N) is 2. The van der Waals surface area contributed by atoms with Gasteiger partial charge in [0.25, 0.3) is 0 Å². The Hall–Kier alpha value is -1.42. The zero-order chi connectivity index (χ0) is 13.7. The lowest BCUT2D eigenvalue weighted by molar-refractivity contribution is 0.0688. The van der Waals surface area contributed by atoms with Crippen molar-refractivity contribution in [2.75, 3.05) is 13.6 Å². The Morgan fingerprint density at radius 1 is 1.42 bits per heavy atom. The largest absolute Gasteiger partial charge is 0.477 e. The van der Waals surface area contributed by atoms with Gasteiger partial charge < -0.3 is 10.0 Å². The Morgan fingerprint density at radius 2 is 2.16 bits per heavy atom. The van der Waals surface area contributed by atoms with E-state index >= 15 is 0 Å². The first kappa shape index (κ1) is 14.0. The minimum absolute atomic E-state index is 0.179. The van der Waals surface area contributed by atoms with Crippen molar-refractivity contribution in [2.45, 2.75) is 38.6 Å². The quantitative estimate of drug-likeness (QED) is 0.886. The average molecular weight is 262 g/mol. The Kier molecular flexibility index (Phi) is 4.91. The van der Waals surface area contributed by atoms with Gasteiger partial charge in [0.2, 0.25) is 0 Å². The van der Waals surface area contributed by atoms with Crippen LogP contribution in [0, 0.1) is 5.92 Å². The monoisotopic (exact) mass is 262 g/mol. The minimum Gasteiger partial charge on any atom is -0.477 e. The molecule has 1 aromatic rings. The van der Waals surface area contributed by atoms with Crippen LogP contribution in [0.4, 0.5) is 0 Å². The molecule has 0 bridgehead atoms. The van der Waals surface area contributed by atoms with Crippen molar-refractivity contribution >= 4 is 5.97 Å². The van der Waals surface area contributed by atoms with Crippen LogP contribution in [-0.4, -0.2) is 34.6 Å². The molecule has 0 atom stereocenters. The highest BCUT2D eigenvalue weighted by molar-refractivity contribution is 5.86. The van der Waals surface area contributed by atoms with E-state index < -0.39 is 5.97 Å². The lowest BCUT2D eigenvalue weighted by Crippen LogP contribution is -2.27. The number of rotatable bonds is 5. The summed E-state index contributed by atoms with van der Waals surface area (Å²) in [6, 6.07) is 3.66. The molecule has 0 aromatic carbocycles. The molecule has 4 heteroatoms. The van der Waals surface area contributed by atoms with Crippen LogP contribution in [0.1, 0.15) is 48.2 Å². The van der Waals surface area contributed by atoms with E-state index in [-0.39, 0.29) is 5.69 Å².